The molecule has 3 rings (SSSR count). The lowest BCUT2D eigenvalue weighted by atomic mass is 9.83. The molecule has 1 aliphatic rings. The van der Waals surface area contributed by atoms with Gasteiger partial charge in [0.25, 0.3) is 11.1 Å². The Morgan fingerprint density at radius 3 is 2.62 bits per heavy atom. The summed E-state index contributed by atoms with van der Waals surface area (Å²) in [7, 11) is 1.79. The largest absolute Gasteiger partial charge is 0.348 e. The fourth-order valence-electron chi connectivity index (χ4n) is 3.02. The maximum Gasteiger partial charge on any atom is 0.272 e. The Morgan fingerprint density at radius 2 is 1.96 bits per heavy atom. The van der Waals surface area contributed by atoms with Crippen LogP contribution in [-0.2, 0) is 5.41 Å². The second-order valence-electron chi connectivity index (χ2n) is 7.53. The zero-order chi connectivity index (χ0) is 18.9. The molecule has 2 aromatic rings. The third-order valence-corrected chi connectivity index (χ3v) is 4.41. The van der Waals surface area contributed by atoms with E-state index in [0.29, 0.717) is 11.2 Å². The number of hydrogen-bond donors (Lipinski definition) is 3. The van der Waals surface area contributed by atoms with Crippen LogP contribution in [0.1, 0.15) is 45.0 Å². The lowest BCUT2D eigenvalue weighted by Gasteiger charge is -2.18. The second-order valence-corrected chi connectivity index (χ2v) is 7.53. The lowest BCUT2D eigenvalue weighted by Crippen LogP contribution is -2.48. The fourth-order valence-corrected chi connectivity index (χ4v) is 3.02. The summed E-state index contributed by atoms with van der Waals surface area (Å²) < 4.78 is 0. The van der Waals surface area contributed by atoms with Gasteiger partial charge in [0.05, 0.1) is 12.0 Å². The van der Waals surface area contributed by atoms with E-state index < -0.39 is 0 Å². The molecule has 1 aliphatic carbocycles. The molecule has 0 saturated carbocycles. The first-order valence-electron chi connectivity index (χ1n) is 8.73. The molecule has 134 valence electrons. The molecule has 0 aromatic carbocycles. The van der Waals surface area contributed by atoms with Crippen molar-refractivity contribution in [3.8, 4) is 0 Å². The van der Waals surface area contributed by atoms with Crippen LogP contribution in [0.15, 0.2) is 39.7 Å². The third kappa shape index (κ3) is 3.56. The van der Waals surface area contributed by atoms with Gasteiger partial charge in [-0.3, -0.25) is 9.59 Å². The van der Waals surface area contributed by atoms with E-state index in [2.05, 4.69) is 46.8 Å². The van der Waals surface area contributed by atoms with Crippen LogP contribution >= 0.6 is 0 Å². The molecular formula is C19H23BN4O2. The molecule has 7 heteroatoms. The highest BCUT2D eigenvalue weighted by atomic mass is 16.1. The van der Waals surface area contributed by atoms with Gasteiger partial charge in [-0.15, -0.1) is 0 Å². The van der Waals surface area contributed by atoms with Crippen LogP contribution in [-0.4, -0.2) is 27.8 Å². The first-order chi connectivity index (χ1) is 12.3. The summed E-state index contributed by atoms with van der Waals surface area (Å²) in [6.07, 6.45) is 11.3. The standard InChI is InChI=1S/C19H23BN4O2/c1-19(2,3)16-14(21-10-22-16)13(20)15-18(26)23-12(17(25)24-15)9-11-7-5-4-6-8-11/h5,7-10H,4,6,20H2,1-3H3,(H,21,22)(H,23,26)(H,24,25)/b12-9-,15-13+. The molecule has 0 spiro atoms. The number of nitrogens with one attached hydrogen (secondary N) is 3. The predicted molar refractivity (Wildman–Crippen MR) is 106 cm³/mol. The van der Waals surface area contributed by atoms with Gasteiger partial charge in [-0.25, -0.2) is 4.98 Å². The normalized spacial score (nSPS) is 16.6. The SMILES string of the molecule is B/C(c1nc[nH]c1C(C)(C)C)=c1/[nH]c(=O)/c(=C/C2=CCCC=C2)[nH]c1=O. The number of H-pyrrole nitrogens is 3. The molecule has 26 heavy (non-hydrogen) atoms. The van der Waals surface area contributed by atoms with E-state index in [1.807, 2.05) is 12.2 Å². The van der Waals surface area contributed by atoms with Crippen LogP contribution in [0.5, 0.6) is 0 Å². The number of aromatic amines is 3. The van der Waals surface area contributed by atoms with E-state index in [0.717, 1.165) is 24.1 Å². The molecule has 0 atom stereocenters. The Labute approximate surface area is 151 Å². The Kier molecular flexibility index (Phi) is 4.72. The van der Waals surface area contributed by atoms with Crippen molar-refractivity contribution in [2.75, 3.05) is 0 Å². The van der Waals surface area contributed by atoms with Gasteiger partial charge in [-0.2, -0.15) is 0 Å². The minimum absolute atomic E-state index is 0.159. The van der Waals surface area contributed by atoms with Crippen LogP contribution in [0, 0.1) is 0 Å². The number of rotatable bonds is 2. The lowest BCUT2D eigenvalue weighted by molar-refractivity contribution is 0.571. The van der Waals surface area contributed by atoms with E-state index in [-0.39, 0.29) is 27.2 Å². The van der Waals surface area contributed by atoms with E-state index in [4.69, 9.17) is 0 Å². The maximum atomic E-state index is 12.6. The summed E-state index contributed by atoms with van der Waals surface area (Å²) in [6.45, 7) is 6.19. The Hall–Kier alpha value is -2.83. The van der Waals surface area contributed by atoms with E-state index >= 15 is 0 Å². The molecule has 0 unspecified atom stereocenters. The predicted octanol–water partition coefficient (Wildman–Crippen LogP) is -0.0697. The Bertz CT molecular complexity index is 1120. The summed E-state index contributed by atoms with van der Waals surface area (Å²) in [5.74, 6) is 0. The van der Waals surface area contributed by atoms with E-state index in [1.54, 1.807) is 20.2 Å². The number of hydrogen-bond acceptors (Lipinski definition) is 3. The maximum absolute atomic E-state index is 12.6. The Morgan fingerprint density at radius 1 is 1.19 bits per heavy atom. The van der Waals surface area contributed by atoms with Crippen molar-refractivity contribution in [1.82, 2.24) is 19.9 Å². The van der Waals surface area contributed by atoms with Crippen molar-refractivity contribution in [2.45, 2.75) is 39.0 Å². The molecule has 0 aliphatic heterocycles. The molecule has 0 fully saturated rings. The van der Waals surface area contributed by atoms with Crippen LogP contribution < -0.4 is 21.8 Å². The highest BCUT2D eigenvalue weighted by Gasteiger charge is 2.21. The van der Waals surface area contributed by atoms with E-state index in [1.165, 1.54) is 0 Å². The van der Waals surface area contributed by atoms with Gasteiger partial charge >= 0.3 is 0 Å². The van der Waals surface area contributed by atoms with Gasteiger partial charge in [0, 0.05) is 11.1 Å². The average Bonchev–Trinajstić information content (AvgIpc) is 3.08. The second kappa shape index (κ2) is 6.82. The number of aromatic nitrogens is 4. The number of nitrogens with zero attached hydrogens (tertiary/aromatic N) is 1. The smallest absolute Gasteiger partial charge is 0.272 e. The zero-order valence-electron chi connectivity index (χ0n) is 15.6. The summed E-state index contributed by atoms with van der Waals surface area (Å²) in [6, 6.07) is 0. The summed E-state index contributed by atoms with van der Waals surface area (Å²) >= 11 is 0. The van der Waals surface area contributed by atoms with Crippen molar-refractivity contribution in [3.05, 3.63) is 72.9 Å². The van der Waals surface area contributed by atoms with Gasteiger partial charge < -0.3 is 15.0 Å². The van der Waals surface area contributed by atoms with Gasteiger partial charge in [0.15, 0.2) is 0 Å². The van der Waals surface area contributed by atoms with Crippen molar-refractivity contribution in [3.63, 3.8) is 0 Å². The fraction of sp³-hybridized carbons (Fsp3) is 0.316. The molecular weight excluding hydrogens is 327 g/mol. The first kappa shape index (κ1) is 18.0. The van der Waals surface area contributed by atoms with Crippen molar-refractivity contribution in [1.29, 1.82) is 0 Å². The molecule has 2 heterocycles. The minimum atomic E-state index is -0.336. The quantitative estimate of drug-likeness (QED) is 0.662. The van der Waals surface area contributed by atoms with Crippen LogP contribution in [0.3, 0.4) is 0 Å². The first-order valence-corrected chi connectivity index (χ1v) is 8.73. The molecule has 6 nitrogen and oxygen atoms in total. The summed E-state index contributed by atoms with van der Waals surface area (Å²) in [5.41, 5.74) is 2.35. The summed E-state index contributed by atoms with van der Waals surface area (Å²) in [5, 5.41) is 0.486. The molecule has 0 amide bonds. The summed E-state index contributed by atoms with van der Waals surface area (Å²) in [4.78, 5) is 38.0. The zero-order valence-corrected chi connectivity index (χ0v) is 15.6. The van der Waals surface area contributed by atoms with Crippen molar-refractivity contribution >= 4 is 19.4 Å². The molecule has 0 saturated heterocycles. The molecule has 0 radical (unpaired) electrons. The average molecular weight is 350 g/mol. The van der Waals surface area contributed by atoms with Crippen LogP contribution in [0.2, 0.25) is 0 Å². The van der Waals surface area contributed by atoms with Crippen LogP contribution in [0.4, 0.5) is 0 Å². The highest BCUT2D eigenvalue weighted by Crippen LogP contribution is 2.24. The van der Waals surface area contributed by atoms with Crippen molar-refractivity contribution in [2.24, 2.45) is 0 Å². The number of imidazole rings is 1. The molecule has 3 N–H and O–H groups in total. The van der Waals surface area contributed by atoms with Crippen LogP contribution in [0.25, 0.3) is 11.5 Å². The van der Waals surface area contributed by atoms with Gasteiger partial charge in [0.2, 0.25) is 0 Å². The van der Waals surface area contributed by atoms with Gasteiger partial charge in [-0.1, -0.05) is 39.0 Å². The third-order valence-electron chi connectivity index (χ3n) is 4.41. The minimum Gasteiger partial charge on any atom is -0.348 e. The van der Waals surface area contributed by atoms with Gasteiger partial charge in [0.1, 0.15) is 18.5 Å². The monoisotopic (exact) mass is 350 g/mol. The Balaban J connectivity index is 2.19. The topological polar surface area (TPSA) is 94.4 Å². The van der Waals surface area contributed by atoms with Gasteiger partial charge in [-0.05, 0) is 30.0 Å². The highest BCUT2D eigenvalue weighted by molar-refractivity contribution is 6.41. The molecule has 0 bridgehead atoms. The number of allylic oxidation sites excluding steroid dienone is 4. The van der Waals surface area contributed by atoms with E-state index in [9.17, 15) is 9.59 Å². The van der Waals surface area contributed by atoms with Crippen molar-refractivity contribution < 1.29 is 0 Å². The molecule has 2 aromatic heterocycles.